The van der Waals surface area contributed by atoms with Crippen molar-refractivity contribution in [2.75, 3.05) is 6.54 Å². The van der Waals surface area contributed by atoms with E-state index in [0.29, 0.717) is 5.92 Å². The van der Waals surface area contributed by atoms with E-state index >= 15 is 0 Å². The molecule has 3 heteroatoms. The molecular formula is C16H23N3. The molecule has 0 radical (unpaired) electrons. The van der Waals surface area contributed by atoms with E-state index in [4.69, 9.17) is 5.73 Å². The van der Waals surface area contributed by atoms with Crippen LogP contribution in [0.2, 0.25) is 0 Å². The van der Waals surface area contributed by atoms with Crippen molar-refractivity contribution in [1.82, 2.24) is 9.78 Å². The summed E-state index contributed by atoms with van der Waals surface area (Å²) in [5, 5.41) is 4.20. The average Bonchev–Trinajstić information content (AvgIpc) is 2.80. The molecule has 0 amide bonds. The topological polar surface area (TPSA) is 43.8 Å². The molecule has 19 heavy (non-hydrogen) atoms. The number of nitrogens with zero attached hydrogens (tertiary/aromatic N) is 2. The summed E-state index contributed by atoms with van der Waals surface area (Å²) in [6, 6.07) is 8.71. The molecule has 3 nitrogen and oxygen atoms in total. The van der Waals surface area contributed by atoms with Gasteiger partial charge in [-0.3, -0.25) is 4.68 Å². The third-order valence-electron chi connectivity index (χ3n) is 3.54. The van der Waals surface area contributed by atoms with Gasteiger partial charge in [-0.2, -0.15) is 5.10 Å². The summed E-state index contributed by atoms with van der Waals surface area (Å²) in [6.07, 6.45) is 7.27. The first kappa shape index (κ1) is 13.8. The Labute approximate surface area is 115 Å². The summed E-state index contributed by atoms with van der Waals surface area (Å²) >= 11 is 0. The van der Waals surface area contributed by atoms with Crippen LogP contribution in [0.5, 0.6) is 0 Å². The van der Waals surface area contributed by atoms with E-state index in [9.17, 15) is 0 Å². The number of aromatic nitrogens is 2. The molecule has 2 aromatic rings. The van der Waals surface area contributed by atoms with Gasteiger partial charge in [-0.15, -0.1) is 0 Å². The first-order valence-corrected chi connectivity index (χ1v) is 6.90. The fourth-order valence-electron chi connectivity index (χ4n) is 2.45. The van der Waals surface area contributed by atoms with Crippen molar-refractivity contribution >= 4 is 0 Å². The van der Waals surface area contributed by atoms with Gasteiger partial charge >= 0.3 is 0 Å². The summed E-state index contributed by atoms with van der Waals surface area (Å²) in [7, 11) is 1.96. The Kier molecular flexibility index (Phi) is 4.74. The van der Waals surface area contributed by atoms with Crippen molar-refractivity contribution in [3.63, 3.8) is 0 Å². The van der Waals surface area contributed by atoms with Gasteiger partial charge in [0.2, 0.25) is 0 Å². The maximum Gasteiger partial charge on any atom is 0.0521 e. The Morgan fingerprint density at radius 3 is 2.79 bits per heavy atom. The van der Waals surface area contributed by atoms with Gasteiger partial charge in [-0.05, 0) is 49.8 Å². The first-order valence-electron chi connectivity index (χ1n) is 6.90. The Balaban J connectivity index is 1.89. The van der Waals surface area contributed by atoms with E-state index in [1.807, 2.05) is 17.9 Å². The van der Waals surface area contributed by atoms with Gasteiger partial charge in [0.05, 0.1) is 6.20 Å². The van der Waals surface area contributed by atoms with Crippen LogP contribution < -0.4 is 5.73 Å². The van der Waals surface area contributed by atoms with Crippen molar-refractivity contribution in [2.24, 2.45) is 18.7 Å². The molecule has 1 heterocycles. The number of rotatable bonds is 6. The lowest BCUT2D eigenvalue weighted by Gasteiger charge is -2.14. The Morgan fingerprint density at radius 1 is 1.32 bits per heavy atom. The van der Waals surface area contributed by atoms with Crippen LogP contribution in [0.25, 0.3) is 0 Å². The van der Waals surface area contributed by atoms with Gasteiger partial charge in [0, 0.05) is 13.2 Å². The zero-order chi connectivity index (χ0) is 13.7. The maximum absolute atomic E-state index is 5.91. The summed E-state index contributed by atoms with van der Waals surface area (Å²) < 4.78 is 1.85. The van der Waals surface area contributed by atoms with Gasteiger partial charge in [-0.25, -0.2) is 0 Å². The lowest BCUT2D eigenvalue weighted by Crippen LogP contribution is -2.17. The third-order valence-corrected chi connectivity index (χ3v) is 3.54. The summed E-state index contributed by atoms with van der Waals surface area (Å²) in [5.74, 6) is 0.544. The number of aryl methyl sites for hydroxylation is 3. The highest BCUT2D eigenvalue weighted by molar-refractivity contribution is 5.22. The third kappa shape index (κ3) is 4.21. The lowest BCUT2D eigenvalue weighted by atomic mass is 9.93. The van der Waals surface area contributed by atoms with Crippen molar-refractivity contribution < 1.29 is 0 Å². The first-order chi connectivity index (χ1) is 9.17. The van der Waals surface area contributed by atoms with Crippen molar-refractivity contribution in [2.45, 2.75) is 26.2 Å². The average molecular weight is 257 g/mol. The van der Waals surface area contributed by atoms with Gasteiger partial charge in [-0.1, -0.05) is 29.8 Å². The van der Waals surface area contributed by atoms with Crippen LogP contribution >= 0.6 is 0 Å². The van der Waals surface area contributed by atoms with E-state index < -0.39 is 0 Å². The summed E-state index contributed by atoms with van der Waals surface area (Å²) in [4.78, 5) is 0. The normalized spacial score (nSPS) is 12.6. The van der Waals surface area contributed by atoms with Crippen LogP contribution in [0.1, 0.15) is 23.1 Å². The predicted molar refractivity (Wildman–Crippen MR) is 79.0 cm³/mol. The van der Waals surface area contributed by atoms with Crippen LogP contribution in [0.3, 0.4) is 0 Å². The Bertz CT molecular complexity index is 516. The van der Waals surface area contributed by atoms with Crippen LogP contribution in [-0.2, 0) is 19.9 Å². The van der Waals surface area contributed by atoms with Crippen LogP contribution in [0.15, 0.2) is 36.7 Å². The summed E-state index contributed by atoms with van der Waals surface area (Å²) in [5.41, 5.74) is 9.91. The molecule has 102 valence electrons. The molecule has 0 bridgehead atoms. The summed E-state index contributed by atoms with van der Waals surface area (Å²) in [6.45, 7) is 2.88. The van der Waals surface area contributed by atoms with Crippen molar-refractivity contribution in [1.29, 1.82) is 0 Å². The fourth-order valence-corrected chi connectivity index (χ4v) is 2.45. The van der Waals surface area contributed by atoms with Gasteiger partial charge in [0.1, 0.15) is 0 Å². The molecule has 2 rings (SSSR count). The highest BCUT2D eigenvalue weighted by atomic mass is 15.2. The second kappa shape index (κ2) is 6.53. The van der Waals surface area contributed by atoms with E-state index in [2.05, 4.69) is 42.5 Å². The Morgan fingerprint density at radius 2 is 2.16 bits per heavy atom. The molecule has 1 aromatic carbocycles. The standard InChI is InChI=1S/C16H23N3/c1-13-4-3-5-14(8-13)9-15(10-17)6-7-16-11-18-19(2)12-16/h3-5,8,11-12,15H,6-7,9-10,17H2,1-2H3. The molecule has 0 aliphatic heterocycles. The number of nitrogens with two attached hydrogens (primary N) is 1. The van der Waals surface area contributed by atoms with E-state index in [-0.39, 0.29) is 0 Å². The molecule has 0 saturated carbocycles. The molecule has 0 aliphatic rings. The quantitative estimate of drug-likeness (QED) is 0.864. The lowest BCUT2D eigenvalue weighted by molar-refractivity contribution is 0.494. The number of benzene rings is 1. The van der Waals surface area contributed by atoms with E-state index in [1.165, 1.54) is 16.7 Å². The minimum atomic E-state index is 0.544. The van der Waals surface area contributed by atoms with Crippen LogP contribution in [-0.4, -0.2) is 16.3 Å². The van der Waals surface area contributed by atoms with Gasteiger partial charge < -0.3 is 5.73 Å². The molecule has 0 fully saturated rings. The SMILES string of the molecule is Cc1cccc(CC(CN)CCc2cnn(C)c2)c1. The number of hydrogen-bond donors (Lipinski definition) is 1. The van der Waals surface area contributed by atoms with Gasteiger partial charge in [0.25, 0.3) is 0 Å². The van der Waals surface area contributed by atoms with Crippen LogP contribution in [0, 0.1) is 12.8 Å². The second-order valence-electron chi connectivity index (χ2n) is 5.36. The molecule has 0 saturated heterocycles. The zero-order valence-corrected chi connectivity index (χ0v) is 11.8. The second-order valence-corrected chi connectivity index (χ2v) is 5.36. The molecule has 0 spiro atoms. The molecule has 1 unspecified atom stereocenters. The predicted octanol–water partition coefficient (Wildman–Crippen LogP) is 2.48. The fraction of sp³-hybridized carbons (Fsp3) is 0.438. The van der Waals surface area contributed by atoms with E-state index in [1.54, 1.807) is 0 Å². The molecular weight excluding hydrogens is 234 g/mol. The largest absolute Gasteiger partial charge is 0.330 e. The number of hydrogen-bond acceptors (Lipinski definition) is 2. The highest BCUT2D eigenvalue weighted by Gasteiger charge is 2.09. The van der Waals surface area contributed by atoms with E-state index in [0.717, 1.165) is 25.8 Å². The monoisotopic (exact) mass is 257 g/mol. The zero-order valence-electron chi connectivity index (χ0n) is 11.8. The minimum Gasteiger partial charge on any atom is -0.330 e. The highest BCUT2D eigenvalue weighted by Crippen LogP contribution is 2.15. The minimum absolute atomic E-state index is 0.544. The van der Waals surface area contributed by atoms with Crippen molar-refractivity contribution in [3.8, 4) is 0 Å². The van der Waals surface area contributed by atoms with Crippen LogP contribution in [0.4, 0.5) is 0 Å². The molecule has 0 aliphatic carbocycles. The Hall–Kier alpha value is -1.61. The molecule has 1 aromatic heterocycles. The molecule has 1 atom stereocenters. The van der Waals surface area contributed by atoms with Crippen molar-refractivity contribution in [3.05, 3.63) is 53.3 Å². The maximum atomic E-state index is 5.91. The van der Waals surface area contributed by atoms with Gasteiger partial charge in [0.15, 0.2) is 0 Å². The molecule has 2 N–H and O–H groups in total. The smallest absolute Gasteiger partial charge is 0.0521 e.